The molecule has 0 spiro atoms. The van der Waals surface area contributed by atoms with E-state index >= 15 is 0 Å². The molecule has 1 fully saturated rings. The summed E-state index contributed by atoms with van der Waals surface area (Å²) in [6.45, 7) is 1.64. The summed E-state index contributed by atoms with van der Waals surface area (Å²) in [5, 5.41) is 3.55. The lowest BCUT2D eigenvalue weighted by molar-refractivity contribution is 0.589. The van der Waals surface area contributed by atoms with E-state index in [1.54, 1.807) is 6.07 Å². The van der Waals surface area contributed by atoms with Crippen molar-refractivity contribution >= 4 is 11.6 Å². The molecule has 0 amide bonds. The summed E-state index contributed by atoms with van der Waals surface area (Å²) in [7, 11) is 0. The molecule has 0 aromatic heterocycles. The van der Waals surface area contributed by atoms with Crippen molar-refractivity contribution in [3.63, 3.8) is 0 Å². The number of hydrogen-bond acceptors (Lipinski definition) is 1. The normalized spacial score (nSPS) is 15.4. The van der Waals surface area contributed by atoms with Crippen LogP contribution in [0.25, 0.3) is 0 Å². The quantitative estimate of drug-likeness (QED) is 0.748. The molecular weight excluding hydrogens is 225 g/mol. The molecule has 1 aliphatic rings. The number of nitrogens with one attached hydrogen (secondary N) is 1. The van der Waals surface area contributed by atoms with Crippen LogP contribution in [0.15, 0.2) is 18.2 Å². The molecule has 2 rings (SSSR count). The van der Waals surface area contributed by atoms with Crippen molar-refractivity contribution in [1.82, 2.24) is 5.32 Å². The summed E-state index contributed by atoms with van der Waals surface area (Å²) in [5.41, 5.74) is 0.841. The van der Waals surface area contributed by atoms with E-state index in [4.69, 9.17) is 11.6 Å². The molecule has 0 radical (unpaired) electrons. The third-order valence-electron chi connectivity index (χ3n) is 3.01. The fourth-order valence-corrected chi connectivity index (χ4v) is 2.02. The summed E-state index contributed by atoms with van der Waals surface area (Å²) >= 11 is 5.85. The van der Waals surface area contributed by atoms with Crippen molar-refractivity contribution < 1.29 is 4.39 Å². The Labute approximate surface area is 101 Å². The first-order valence-corrected chi connectivity index (χ1v) is 6.29. The Morgan fingerprint density at radius 3 is 2.94 bits per heavy atom. The van der Waals surface area contributed by atoms with Gasteiger partial charge in [-0.1, -0.05) is 36.6 Å². The van der Waals surface area contributed by atoms with E-state index in [0.717, 1.165) is 18.0 Å². The van der Waals surface area contributed by atoms with Gasteiger partial charge in [-0.15, -0.1) is 0 Å². The molecule has 1 saturated carbocycles. The SMILES string of the molecule is Fc1cccc(CNCCCC2CC2)c1Cl. The van der Waals surface area contributed by atoms with Crippen LogP contribution >= 0.6 is 11.6 Å². The van der Waals surface area contributed by atoms with Gasteiger partial charge in [-0.05, 0) is 36.9 Å². The molecule has 3 heteroatoms. The van der Waals surface area contributed by atoms with Crippen LogP contribution in [0.3, 0.4) is 0 Å². The second-order valence-electron chi connectivity index (χ2n) is 4.48. The summed E-state index contributed by atoms with van der Waals surface area (Å²) in [4.78, 5) is 0. The predicted molar refractivity (Wildman–Crippen MR) is 65.1 cm³/mol. The van der Waals surface area contributed by atoms with Crippen molar-refractivity contribution in [1.29, 1.82) is 0 Å². The highest BCUT2D eigenvalue weighted by Gasteiger charge is 2.19. The van der Waals surface area contributed by atoms with E-state index in [0.29, 0.717) is 6.54 Å². The fraction of sp³-hybridized carbons (Fsp3) is 0.538. The molecule has 0 saturated heterocycles. The minimum Gasteiger partial charge on any atom is -0.313 e. The maximum atomic E-state index is 13.1. The number of rotatable bonds is 6. The highest BCUT2D eigenvalue weighted by Crippen LogP contribution is 2.33. The van der Waals surface area contributed by atoms with Crippen LogP contribution in [0, 0.1) is 11.7 Å². The minimum atomic E-state index is -0.334. The average molecular weight is 242 g/mol. The molecule has 1 aliphatic carbocycles. The lowest BCUT2D eigenvalue weighted by Crippen LogP contribution is -2.15. The fourth-order valence-electron chi connectivity index (χ4n) is 1.83. The van der Waals surface area contributed by atoms with Crippen LogP contribution in [0.4, 0.5) is 4.39 Å². The molecule has 1 aromatic rings. The van der Waals surface area contributed by atoms with Crippen LogP contribution in [0.5, 0.6) is 0 Å². The van der Waals surface area contributed by atoms with E-state index in [-0.39, 0.29) is 10.8 Å². The third-order valence-corrected chi connectivity index (χ3v) is 3.43. The van der Waals surface area contributed by atoms with E-state index in [2.05, 4.69) is 5.32 Å². The van der Waals surface area contributed by atoms with Gasteiger partial charge in [0.2, 0.25) is 0 Å². The van der Waals surface area contributed by atoms with Crippen molar-refractivity contribution in [3.05, 3.63) is 34.6 Å². The smallest absolute Gasteiger partial charge is 0.142 e. The highest BCUT2D eigenvalue weighted by atomic mass is 35.5. The first-order chi connectivity index (χ1) is 7.77. The first kappa shape index (κ1) is 11.9. The molecule has 0 bridgehead atoms. The average Bonchev–Trinajstić information content (AvgIpc) is 3.07. The molecule has 88 valence electrons. The first-order valence-electron chi connectivity index (χ1n) is 5.91. The number of halogens is 2. The van der Waals surface area contributed by atoms with Gasteiger partial charge >= 0.3 is 0 Å². The van der Waals surface area contributed by atoms with Gasteiger partial charge in [-0.3, -0.25) is 0 Å². The third kappa shape index (κ3) is 3.46. The standard InChI is InChI=1S/C13H17ClFN/c14-13-11(4-1-5-12(13)15)9-16-8-2-3-10-6-7-10/h1,4-5,10,16H,2-3,6-9H2. The van der Waals surface area contributed by atoms with E-state index in [1.165, 1.54) is 31.7 Å². The molecule has 0 unspecified atom stereocenters. The summed E-state index contributed by atoms with van der Waals surface area (Å²) in [5.74, 6) is 0.651. The van der Waals surface area contributed by atoms with Crippen molar-refractivity contribution in [3.8, 4) is 0 Å². The van der Waals surface area contributed by atoms with Gasteiger partial charge in [0.1, 0.15) is 5.82 Å². The van der Waals surface area contributed by atoms with Gasteiger partial charge in [0.25, 0.3) is 0 Å². The van der Waals surface area contributed by atoms with Crippen LogP contribution in [-0.4, -0.2) is 6.54 Å². The maximum absolute atomic E-state index is 13.1. The molecule has 1 N–H and O–H groups in total. The maximum Gasteiger partial charge on any atom is 0.142 e. The molecule has 0 atom stereocenters. The number of hydrogen-bond donors (Lipinski definition) is 1. The zero-order valence-corrected chi connectivity index (χ0v) is 10.1. The minimum absolute atomic E-state index is 0.247. The van der Waals surface area contributed by atoms with Gasteiger partial charge < -0.3 is 5.32 Å². The van der Waals surface area contributed by atoms with E-state index in [9.17, 15) is 4.39 Å². The Morgan fingerprint density at radius 1 is 1.38 bits per heavy atom. The highest BCUT2D eigenvalue weighted by molar-refractivity contribution is 6.31. The van der Waals surface area contributed by atoms with Crippen LogP contribution in [0.2, 0.25) is 5.02 Å². The zero-order chi connectivity index (χ0) is 11.4. The van der Waals surface area contributed by atoms with Crippen molar-refractivity contribution in [2.75, 3.05) is 6.54 Å². The Balaban J connectivity index is 1.69. The molecule has 1 nitrogen and oxygen atoms in total. The molecule has 1 aromatic carbocycles. The Hall–Kier alpha value is -0.600. The van der Waals surface area contributed by atoms with E-state index < -0.39 is 0 Å². The van der Waals surface area contributed by atoms with E-state index in [1.807, 2.05) is 6.07 Å². The van der Waals surface area contributed by atoms with Gasteiger partial charge in [0.05, 0.1) is 5.02 Å². The Kier molecular flexibility index (Phi) is 4.19. The van der Waals surface area contributed by atoms with Gasteiger partial charge in [0.15, 0.2) is 0 Å². The predicted octanol–water partition coefficient (Wildman–Crippen LogP) is 3.76. The largest absolute Gasteiger partial charge is 0.313 e. The second kappa shape index (κ2) is 5.65. The molecular formula is C13H17ClFN. The van der Waals surface area contributed by atoms with Gasteiger partial charge in [0, 0.05) is 6.54 Å². The van der Waals surface area contributed by atoms with Crippen LogP contribution in [-0.2, 0) is 6.54 Å². The second-order valence-corrected chi connectivity index (χ2v) is 4.85. The lowest BCUT2D eigenvalue weighted by atomic mass is 10.2. The Morgan fingerprint density at radius 2 is 2.19 bits per heavy atom. The summed E-state index contributed by atoms with van der Waals surface area (Å²) in [6, 6.07) is 4.95. The summed E-state index contributed by atoms with van der Waals surface area (Å²) < 4.78 is 13.1. The van der Waals surface area contributed by atoms with Gasteiger partial charge in [-0.2, -0.15) is 0 Å². The van der Waals surface area contributed by atoms with Crippen molar-refractivity contribution in [2.24, 2.45) is 5.92 Å². The van der Waals surface area contributed by atoms with Crippen LogP contribution < -0.4 is 5.32 Å². The topological polar surface area (TPSA) is 12.0 Å². The molecule has 0 heterocycles. The Bertz CT molecular complexity index is 350. The summed E-state index contributed by atoms with van der Waals surface area (Å²) in [6.07, 6.45) is 5.35. The van der Waals surface area contributed by atoms with Gasteiger partial charge in [-0.25, -0.2) is 4.39 Å². The molecule has 0 aliphatic heterocycles. The lowest BCUT2D eigenvalue weighted by Gasteiger charge is -2.06. The monoisotopic (exact) mass is 241 g/mol. The molecule has 16 heavy (non-hydrogen) atoms. The zero-order valence-electron chi connectivity index (χ0n) is 9.31. The van der Waals surface area contributed by atoms with Crippen molar-refractivity contribution in [2.45, 2.75) is 32.2 Å². The van der Waals surface area contributed by atoms with Crippen LogP contribution in [0.1, 0.15) is 31.2 Å². The number of benzene rings is 1.